The van der Waals surface area contributed by atoms with Crippen LogP contribution in [0.4, 0.5) is 11.6 Å². The summed E-state index contributed by atoms with van der Waals surface area (Å²) in [5, 5.41) is 6.65. The van der Waals surface area contributed by atoms with Gasteiger partial charge in [-0.05, 0) is 6.42 Å². The van der Waals surface area contributed by atoms with Crippen LogP contribution in [0.1, 0.15) is 13.3 Å². The Kier molecular flexibility index (Phi) is 3.99. The number of aromatic nitrogens is 5. The first kappa shape index (κ1) is 13.4. The number of nitrogens with one attached hydrogen (secondary N) is 2. The van der Waals surface area contributed by atoms with E-state index in [0.29, 0.717) is 0 Å². The van der Waals surface area contributed by atoms with Crippen molar-refractivity contribution in [3.05, 3.63) is 37.3 Å². The average molecular weight is 285 g/mol. The molecule has 7 nitrogen and oxygen atoms in total. The zero-order valence-electron chi connectivity index (χ0n) is 12.0. The van der Waals surface area contributed by atoms with Crippen molar-refractivity contribution < 1.29 is 0 Å². The molecular formula is C14H19N7. The van der Waals surface area contributed by atoms with E-state index in [-0.39, 0.29) is 0 Å². The van der Waals surface area contributed by atoms with Gasteiger partial charge < -0.3 is 19.6 Å². The SMILES string of the molecule is CCCNc1cn2ccnc2c(NCCn2ccnc2)n1. The predicted molar refractivity (Wildman–Crippen MR) is 82.5 cm³/mol. The summed E-state index contributed by atoms with van der Waals surface area (Å²) in [5.41, 5.74) is 0.836. The van der Waals surface area contributed by atoms with E-state index in [4.69, 9.17) is 0 Å². The largest absolute Gasteiger partial charge is 0.369 e. The zero-order chi connectivity index (χ0) is 14.5. The Bertz CT molecular complexity index is 686. The number of fused-ring (bicyclic) bond motifs is 1. The van der Waals surface area contributed by atoms with E-state index >= 15 is 0 Å². The van der Waals surface area contributed by atoms with E-state index in [1.807, 2.05) is 27.6 Å². The van der Waals surface area contributed by atoms with Gasteiger partial charge in [-0.25, -0.2) is 15.0 Å². The fraction of sp³-hybridized carbons (Fsp3) is 0.357. The van der Waals surface area contributed by atoms with Crippen LogP contribution in [0.2, 0.25) is 0 Å². The molecule has 0 bridgehead atoms. The van der Waals surface area contributed by atoms with Crippen LogP contribution in [0.3, 0.4) is 0 Å². The number of hydrogen-bond acceptors (Lipinski definition) is 5. The zero-order valence-corrected chi connectivity index (χ0v) is 12.0. The highest BCUT2D eigenvalue weighted by Crippen LogP contribution is 2.16. The molecule has 0 atom stereocenters. The summed E-state index contributed by atoms with van der Waals surface area (Å²) in [4.78, 5) is 13.0. The van der Waals surface area contributed by atoms with E-state index in [2.05, 4.69) is 32.5 Å². The van der Waals surface area contributed by atoms with Crippen LogP contribution in [0, 0.1) is 0 Å². The normalized spacial score (nSPS) is 10.9. The lowest BCUT2D eigenvalue weighted by molar-refractivity contribution is 0.725. The van der Waals surface area contributed by atoms with Gasteiger partial charge in [-0.15, -0.1) is 0 Å². The van der Waals surface area contributed by atoms with Crippen LogP contribution in [0.5, 0.6) is 0 Å². The lowest BCUT2D eigenvalue weighted by Crippen LogP contribution is -2.12. The molecule has 0 spiro atoms. The first-order valence-corrected chi connectivity index (χ1v) is 7.14. The highest BCUT2D eigenvalue weighted by Gasteiger charge is 2.06. The van der Waals surface area contributed by atoms with Gasteiger partial charge in [0, 0.05) is 44.4 Å². The molecule has 110 valence electrons. The maximum atomic E-state index is 4.60. The molecule has 0 amide bonds. The van der Waals surface area contributed by atoms with Crippen molar-refractivity contribution in [2.45, 2.75) is 19.9 Å². The first-order valence-electron chi connectivity index (χ1n) is 7.14. The first-order chi connectivity index (χ1) is 10.4. The Balaban J connectivity index is 1.74. The van der Waals surface area contributed by atoms with Gasteiger partial charge in [0.2, 0.25) is 0 Å². The quantitative estimate of drug-likeness (QED) is 0.693. The van der Waals surface area contributed by atoms with Crippen LogP contribution in [0.25, 0.3) is 5.65 Å². The van der Waals surface area contributed by atoms with Crippen molar-refractivity contribution in [1.29, 1.82) is 0 Å². The summed E-state index contributed by atoms with van der Waals surface area (Å²) < 4.78 is 4.00. The van der Waals surface area contributed by atoms with Crippen molar-refractivity contribution in [2.24, 2.45) is 0 Å². The molecule has 0 aliphatic heterocycles. The standard InChI is InChI=1S/C14H19N7/c1-2-3-16-12-10-21-9-6-18-14(21)13(19-12)17-5-8-20-7-4-15-11-20/h4,6-7,9-11,16H,2-3,5,8H2,1H3,(H,17,19). The summed E-state index contributed by atoms with van der Waals surface area (Å²) in [7, 11) is 0. The lowest BCUT2D eigenvalue weighted by atomic mass is 10.4. The third-order valence-electron chi connectivity index (χ3n) is 3.15. The highest BCUT2D eigenvalue weighted by molar-refractivity contribution is 5.65. The number of anilines is 2. The third-order valence-corrected chi connectivity index (χ3v) is 3.15. The second-order valence-electron chi connectivity index (χ2n) is 4.79. The molecule has 2 N–H and O–H groups in total. The topological polar surface area (TPSA) is 72.1 Å². The van der Waals surface area contributed by atoms with Crippen LogP contribution in [-0.4, -0.2) is 37.0 Å². The molecule has 3 rings (SSSR count). The molecule has 3 aromatic heterocycles. The molecule has 0 unspecified atom stereocenters. The Morgan fingerprint density at radius 2 is 2.10 bits per heavy atom. The predicted octanol–water partition coefficient (Wildman–Crippen LogP) is 1.86. The molecule has 0 aliphatic carbocycles. The molecule has 0 radical (unpaired) electrons. The summed E-state index contributed by atoms with van der Waals surface area (Å²) >= 11 is 0. The summed E-state index contributed by atoms with van der Waals surface area (Å²) in [6.07, 6.45) is 12.3. The number of imidazole rings is 2. The van der Waals surface area contributed by atoms with Gasteiger partial charge in [0.05, 0.1) is 12.5 Å². The maximum Gasteiger partial charge on any atom is 0.180 e. The Hall–Kier alpha value is -2.57. The minimum atomic E-state index is 0.767. The van der Waals surface area contributed by atoms with Crippen molar-refractivity contribution >= 4 is 17.3 Å². The fourth-order valence-corrected chi connectivity index (χ4v) is 2.11. The lowest BCUT2D eigenvalue weighted by Gasteiger charge is -2.11. The smallest absolute Gasteiger partial charge is 0.180 e. The molecule has 3 aromatic rings. The molecule has 0 fully saturated rings. The van der Waals surface area contributed by atoms with Crippen LogP contribution in [-0.2, 0) is 6.54 Å². The van der Waals surface area contributed by atoms with Crippen molar-refractivity contribution in [3.8, 4) is 0 Å². The minimum absolute atomic E-state index is 0.767. The molecule has 0 aliphatic rings. The molecule has 3 heterocycles. The molecule has 0 saturated heterocycles. The summed E-state index contributed by atoms with van der Waals surface area (Å²) in [5.74, 6) is 1.65. The maximum absolute atomic E-state index is 4.60. The Morgan fingerprint density at radius 1 is 1.14 bits per heavy atom. The fourth-order valence-electron chi connectivity index (χ4n) is 2.11. The van der Waals surface area contributed by atoms with Crippen molar-refractivity contribution in [2.75, 3.05) is 23.7 Å². The van der Waals surface area contributed by atoms with Crippen molar-refractivity contribution in [1.82, 2.24) is 23.9 Å². The van der Waals surface area contributed by atoms with Gasteiger partial charge in [-0.2, -0.15) is 0 Å². The van der Waals surface area contributed by atoms with Crippen LogP contribution in [0.15, 0.2) is 37.3 Å². The van der Waals surface area contributed by atoms with E-state index in [1.54, 1.807) is 18.7 Å². The molecule has 0 aromatic carbocycles. The van der Waals surface area contributed by atoms with Gasteiger partial charge in [0.25, 0.3) is 0 Å². The molecular weight excluding hydrogens is 266 g/mol. The molecule has 7 heteroatoms. The van der Waals surface area contributed by atoms with Crippen LogP contribution >= 0.6 is 0 Å². The van der Waals surface area contributed by atoms with Gasteiger partial charge in [0.15, 0.2) is 11.5 Å². The monoisotopic (exact) mass is 285 g/mol. The third kappa shape index (κ3) is 3.13. The second-order valence-corrected chi connectivity index (χ2v) is 4.79. The second kappa shape index (κ2) is 6.25. The van der Waals surface area contributed by atoms with Gasteiger partial charge >= 0.3 is 0 Å². The van der Waals surface area contributed by atoms with E-state index < -0.39 is 0 Å². The molecule has 0 saturated carbocycles. The van der Waals surface area contributed by atoms with E-state index in [9.17, 15) is 0 Å². The highest BCUT2D eigenvalue weighted by atomic mass is 15.2. The average Bonchev–Trinajstić information content (AvgIpc) is 3.15. The number of rotatable bonds is 7. The molecule has 21 heavy (non-hydrogen) atoms. The Labute approximate surface area is 123 Å². The summed E-state index contributed by atoms with van der Waals surface area (Å²) in [6.45, 7) is 4.64. The number of nitrogens with zero attached hydrogens (tertiary/aromatic N) is 5. The summed E-state index contributed by atoms with van der Waals surface area (Å²) in [6, 6.07) is 0. The number of hydrogen-bond donors (Lipinski definition) is 2. The Morgan fingerprint density at radius 3 is 2.90 bits per heavy atom. The van der Waals surface area contributed by atoms with Crippen molar-refractivity contribution in [3.63, 3.8) is 0 Å². The van der Waals surface area contributed by atoms with Gasteiger partial charge in [-0.3, -0.25) is 0 Å². The van der Waals surface area contributed by atoms with E-state index in [1.165, 1.54) is 0 Å². The van der Waals surface area contributed by atoms with Gasteiger partial charge in [-0.1, -0.05) is 6.92 Å². The van der Waals surface area contributed by atoms with Crippen LogP contribution < -0.4 is 10.6 Å². The van der Waals surface area contributed by atoms with Gasteiger partial charge in [0.1, 0.15) is 5.82 Å². The van der Waals surface area contributed by atoms with E-state index in [0.717, 1.165) is 43.3 Å². The minimum Gasteiger partial charge on any atom is -0.369 e.